The Labute approximate surface area is 144 Å². The number of hydrogen-bond donors (Lipinski definition) is 0. The maximum absolute atomic E-state index is 6.34. The van der Waals surface area contributed by atoms with Gasteiger partial charge >= 0.3 is 0 Å². The third-order valence-electron chi connectivity index (χ3n) is 4.26. The van der Waals surface area contributed by atoms with Gasteiger partial charge in [0.05, 0.1) is 16.1 Å². The van der Waals surface area contributed by atoms with Crippen molar-refractivity contribution in [2.75, 3.05) is 24.7 Å². The second kappa shape index (κ2) is 6.10. The Morgan fingerprint density at radius 3 is 2.74 bits per heavy atom. The van der Waals surface area contributed by atoms with Crippen molar-refractivity contribution in [3.63, 3.8) is 0 Å². The van der Waals surface area contributed by atoms with Crippen LogP contribution in [0, 0.1) is 0 Å². The topological polar surface area (TPSA) is 34.6 Å². The molecule has 3 heterocycles. The molecule has 4 nitrogen and oxygen atoms in total. The summed E-state index contributed by atoms with van der Waals surface area (Å²) in [6.45, 7) is 2.12. The van der Waals surface area contributed by atoms with E-state index in [4.69, 9.17) is 32.7 Å². The average Bonchev–Trinajstić information content (AvgIpc) is 3.04. The molecule has 1 aromatic carbocycles. The largest absolute Gasteiger partial charge is 0.486 e. The first kappa shape index (κ1) is 14.9. The summed E-state index contributed by atoms with van der Waals surface area (Å²) in [6, 6.07) is 8.13. The Balaban J connectivity index is 1.67. The fourth-order valence-corrected chi connectivity index (χ4v) is 3.74. The van der Waals surface area contributed by atoms with Gasteiger partial charge in [0, 0.05) is 12.7 Å². The third kappa shape index (κ3) is 2.81. The molecule has 2 aromatic rings. The summed E-state index contributed by atoms with van der Waals surface area (Å²) in [5.41, 5.74) is 1.19. The zero-order valence-corrected chi connectivity index (χ0v) is 14.0. The van der Waals surface area contributed by atoms with Crippen molar-refractivity contribution in [1.29, 1.82) is 0 Å². The molecule has 0 radical (unpaired) electrons. The number of benzene rings is 1. The highest BCUT2D eigenvalue weighted by molar-refractivity contribution is 6.36. The van der Waals surface area contributed by atoms with E-state index in [0.717, 1.165) is 36.7 Å². The lowest BCUT2D eigenvalue weighted by Gasteiger charge is -2.28. The van der Waals surface area contributed by atoms with Gasteiger partial charge in [0.15, 0.2) is 11.5 Å². The van der Waals surface area contributed by atoms with Crippen molar-refractivity contribution in [3.8, 4) is 11.5 Å². The van der Waals surface area contributed by atoms with Crippen molar-refractivity contribution in [1.82, 2.24) is 4.98 Å². The number of fused-ring (bicyclic) bond motifs is 1. The highest BCUT2D eigenvalue weighted by atomic mass is 35.5. The summed E-state index contributed by atoms with van der Waals surface area (Å²) >= 11 is 12.3. The monoisotopic (exact) mass is 350 g/mol. The zero-order valence-electron chi connectivity index (χ0n) is 12.5. The number of aromatic nitrogens is 1. The van der Waals surface area contributed by atoms with E-state index in [9.17, 15) is 0 Å². The van der Waals surface area contributed by atoms with Crippen LogP contribution in [0.25, 0.3) is 0 Å². The highest BCUT2D eigenvalue weighted by Crippen LogP contribution is 2.41. The second-order valence-electron chi connectivity index (χ2n) is 5.71. The van der Waals surface area contributed by atoms with E-state index in [-0.39, 0.29) is 6.04 Å². The van der Waals surface area contributed by atoms with Crippen LogP contribution in [0.4, 0.5) is 5.82 Å². The number of hydrogen-bond acceptors (Lipinski definition) is 4. The summed E-state index contributed by atoms with van der Waals surface area (Å²) in [5, 5.41) is 1.13. The molecular weight excluding hydrogens is 335 g/mol. The van der Waals surface area contributed by atoms with Crippen molar-refractivity contribution < 1.29 is 9.47 Å². The van der Waals surface area contributed by atoms with E-state index < -0.39 is 0 Å². The molecule has 1 saturated heterocycles. The molecule has 0 bridgehead atoms. The molecule has 1 unspecified atom stereocenters. The molecule has 2 aliphatic rings. The minimum Gasteiger partial charge on any atom is -0.486 e. The Morgan fingerprint density at radius 2 is 1.91 bits per heavy atom. The van der Waals surface area contributed by atoms with Crippen LogP contribution in [-0.2, 0) is 0 Å². The Kier molecular flexibility index (Phi) is 3.95. The SMILES string of the molecule is Clc1cnc(N2CCCC2c2ccc3c(c2)OCCO3)c(Cl)c1. The Bertz CT molecular complexity index is 739. The maximum Gasteiger partial charge on any atom is 0.161 e. The molecule has 1 aromatic heterocycles. The van der Waals surface area contributed by atoms with E-state index in [2.05, 4.69) is 22.0 Å². The standard InChI is InChI=1S/C17H16Cl2N2O2/c18-12-9-13(19)17(20-10-12)21-5-1-2-14(21)11-3-4-15-16(8-11)23-7-6-22-15/h3-4,8-10,14H,1-2,5-7H2. The quantitative estimate of drug-likeness (QED) is 0.798. The normalized spacial score (nSPS) is 19.9. The van der Waals surface area contributed by atoms with E-state index in [1.54, 1.807) is 12.3 Å². The van der Waals surface area contributed by atoms with Gasteiger partial charge in [-0.1, -0.05) is 29.3 Å². The van der Waals surface area contributed by atoms with Crippen LogP contribution in [0.5, 0.6) is 11.5 Å². The molecule has 0 spiro atoms. The van der Waals surface area contributed by atoms with Crippen LogP contribution in [0.1, 0.15) is 24.4 Å². The van der Waals surface area contributed by atoms with Gasteiger partial charge < -0.3 is 14.4 Å². The number of halogens is 2. The smallest absolute Gasteiger partial charge is 0.161 e. The molecule has 2 aliphatic heterocycles. The van der Waals surface area contributed by atoms with Gasteiger partial charge in [-0.05, 0) is 36.6 Å². The molecule has 6 heteroatoms. The number of ether oxygens (including phenoxy) is 2. The van der Waals surface area contributed by atoms with Crippen LogP contribution in [-0.4, -0.2) is 24.7 Å². The van der Waals surface area contributed by atoms with E-state index in [1.165, 1.54) is 5.56 Å². The van der Waals surface area contributed by atoms with Gasteiger partial charge in [0.2, 0.25) is 0 Å². The fraction of sp³-hybridized carbons (Fsp3) is 0.353. The number of anilines is 1. The number of pyridine rings is 1. The van der Waals surface area contributed by atoms with Crippen LogP contribution in [0.2, 0.25) is 10.0 Å². The minimum atomic E-state index is 0.233. The fourth-order valence-electron chi connectivity index (χ4n) is 3.25. The lowest BCUT2D eigenvalue weighted by Crippen LogP contribution is -2.24. The van der Waals surface area contributed by atoms with Crippen molar-refractivity contribution in [3.05, 3.63) is 46.1 Å². The summed E-state index contributed by atoms with van der Waals surface area (Å²) < 4.78 is 11.3. The van der Waals surface area contributed by atoms with Gasteiger partial charge in [-0.2, -0.15) is 0 Å². The Hall–Kier alpha value is -1.65. The van der Waals surface area contributed by atoms with Crippen molar-refractivity contribution in [2.45, 2.75) is 18.9 Å². The summed E-state index contributed by atoms with van der Waals surface area (Å²) in [4.78, 5) is 6.67. The number of rotatable bonds is 2. The van der Waals surface area contributed by atoms with Gasteiger partial charge in [-0.25, -0.2) is 4.98 Å². The lowest BCUT2D eigenvalue weighted by molar-refractivity contribution is 0.171. The molecule has 120 valence electrons. The molecule has 0 saturated carbocycles. The van der Waals surface area contributed by atoms with E-state index >= 15 is 0 Å². The molecule has 1 fully saturated rings. The molecule has 0 aliphatic carbocycles. The van der Waals surface area contributed by atoms with E-state index in [1.807, 2.05) is 6.07 Å². The number of nitrogens with zero attached hydrogens (tertiary/aromatic N) is 2. The molecule has 0 amide bonds. The van der Waals surface area contributed by atoms with Crippen molar-refractivity contribution >= 4 is 29.0 Å². The molecular formula is C17H16Cl2N2O2. The molecule has 0 N–H and O–H groups in total. The maximum atomic E-state index is 6.34. The van der Waals surface area contributed by atoms with Crippen LogP contribution < -0.4 is 14.4 Å². The van der Waals surface area contributed by atoms with Crippen molar-refractivity contribution in [2.24, 2.45) is 0 Å². The van der Waals surface area contributed by atoms with Gasteiger partial charge in [-0.3, -0.25) is 0 Å². The van der Waals surface area contributed by atoms with Crippen LogP contribution >= 0.6 is 23.2 Å². The minimum absolute atomic E-state index is 0.233. The summed E-state index contributed by atoms with van der Waals surface area (Å²) in [6.07, 6.45) is 3.79. The molecule has 4 rings (SSSR count). The average molecular weight is 351 g/mol. The highest BCUT2D eigenvalue weighted by Gasteiger charge is 2.29. The predicted molar refractivity (Wildman–Crippen MR) is 91.0 cm³/mol. The van der Waals surface area contributed by atoms with Crippen LogP contribution in [0.15, 0.2) is 30.5 Å². The second-order valence-corrected chi connectivity index (χ2v) is 6.56. The third-order valence-corrected chi connectivity index (χ3v) is 4.75. The Morgan fingerprint density at radius 1 is 1.09 bits per heavy atom. The summed E-state index contributed by atoms with van der Waals surface area (Å²) in [7, 11) is 0. The lowest BCUT2D eigenvalue weighted by atomic mass is 10.0. The van der Waals surface area contributed by atoms with E-state index in [0.29, 0.717) is 23.3 Å². The molecule has 23 heavy (non-hydrogen) atoms. The first-order valence-corrected chi connectivity index (χ1v) is 8.45. The zero-order chi connectivity index (χ0) is 15.8. The van der Waals surface area contributed by atoms with Crippen LogP contribution in [0.3, 0.4) is 0 Å². The van der Waals surface area contributed by atoms with Gasteiger partial charge in [-0.15, -0.1) is 0 Å². The first-order valence-electron chi connectivity index (χ1n) is 7.69. The van der Waals surface area contributed by atoms with Gasteiger partial charge in [0.25, 0.3) is 0 Å². The van der Waals surface area contributed by atoms with Gasteiger partial charge in [0.1, 0.15) is 19.0 Å². The summed E-state index contributed by atoms with van der Waals surface area (Å²) in [5.74, 6) is 2.41. The molecule has 1 atom stereocenters. The first-order chi connectivity index (χ1) is 11.2. The predicted octanol–water partition coefficient (Wildman–Crippen LogP) is 4.50.